The van der Waals surface area contributed by atoms with E-state index in [0.717, 1.165) is 18.5 Å². The number of esters is 1. The van der Waals surface area contributed by atoms with Crippen LogP contribution in [0.5, 0.6) is 0 Å². The smallest absolute Gasteiger partial charge is 0.410 e. The molecule has 3 saturated heterocycles. The van der Waals surface area contributed by atoms with Crippen molar-refractivity contribution in [2.45, 2.75) is 44.0 Å². The van der Waals surface area contributed by atoms with E-state index in [1.807, 2.05) is 35.2 Å². The van der Waals surface area contributed by atoms with Crippen molar-refractivity contribution in [3.63, 3.8) is 0 Å². The molecule has 124 valence electrons. The predicted molar refractivity (Wildman–Crippen MR) is 83.7 cm³/mol. The van der Waals surface area contributed by atoms with Crippen LogP contribution in [0.25, 0.3) is 0 Å². The lowest BCUT2D eigenvalue weighted by Gasteiger charge is -2.55. The predicted octanol–water partition coefficient (Wildman–Crippen LogP) is 1.69. The van der Waals surface area contributed by atoms with E-state index in [4.69, 9.17) is 4.74 Å². The van der Waals surface area contributed by atoms with Gasteiger partial charge in [0.25, 0.3) is 0 Å². The molecular weight excluding hydrogens is 296 g/mol. The second kappa shape index (κ2) is 7.00. The van der Waals surface area contributed by atoms with Crippen LogP contribution in [0.4, 0.5) is 4.79 Å². The van der Waals surface area contributed by atoms with Crippen LogP contribution in [0.3, 0.4) is 0 Å². The lowest BCUT2D eigenvalue weighted by molar-refractivity contribution is -0.141. The van der Waals surface area contributed by atoms with Crippen molar-refractivity contribution in [2.24, 2.45) is 0 Å². The minimum Gasteiger partial charge on any atom is -0.469 e. The molecule has 3 fully saturated rings. The summed E-state index contributed by atoms with van der Waals surface area (Å²) in [6.45, 7) is 1.04. The van der Waals surface area contributed by atoms with Crippen molar-refractivity contribution in [1.82, 2.24) is 10.2 Å². The van der Waals surface area contributed by atoms with Gasteiger partial charge in [-0.25, -0.2) is 4.79 Å². The largest absolute Gasteiger partial charge is 0.469 e. The molecule has 0 radical (unpaired) electrons. The first kappa shape index (κ1) is 15.8. The second-order valence-corrected chi connectivity index (χ2v) is 6.03. The van der Waals surface area contributed by atoms with Crippen molar-refractivity contribution in [2.75, 3.05) is 13.7 Å². The molecule has 0 spiro atoms. The summed E-state index contributed by atoms with van der Waals surface area (Å²) < 4.78 is 10.1. The highest BCUT2D eigenvalue weighted by Gasteiger charge is 2.50. The number of fused-ring (bicyclic) bond motifs is 2. The number of benzene rings is 1. The van der Waals surface area contributed by atoms with E-state index < -0.39 is 0 Å². The Labute approximate surface area is 135 Å². The van der Waals surface area contributed by atoms with Crippen LogP contribution in [-0.4, -0.2) is 48.7 Å². The summed E-state index contributed by atoms with van der Waals surface area (Å²) in [4.78, 5) is 25.5. The molecule has 4 rings (SSSR count). The molecule has 6 nitrogen and oxygen atoms in total. The maximum Gasteiger partial charge on any atom is 0.410 e. The van der Waals surface area contributed by atoms with Crippen LogP contribution in [0.15, 0.2) is 30.3 Å². The van der Waals surface area contributed by atoms with Gasteiger partial charge in [-0.15, -0.1) is 0 Å². The second-order valence-electron chi connectivity index (χ2n) is 6.03. The Hall–Kier alpha value is -2.08. The first-order chi connectivity index (χ1) is 11.2. The standard InChI is InChI=1S/C17H22N2O4/c1-22-16(20)8-7-14-15-9-13(10-18-14)19(15)17(21)23-11-12-5-3-2-4-6-12/h2-6,13-15,18H,7-11H2,1H3. The minimum atomic E-state index is -0.264. The molecule has 6 heteroatoms. The number of nitrogens with zero attached hydrogens (tertiary/aromatic N) is 1. The summed E-state index contributed by atoms with van der Waals surface area (Å²) in [5.74, 6) is -0.216. The van der Waals surface area contributed by atoms with Gasteiger partial charge in [-0.1, -0.05) is 30.3 Å². The first-order valence-corrected chi connectivity index (χ1v) is 7.98. The zero-order chi connectivity index (χ0) is 16.2. The molecule has 23 heavy (non-hydrogen) atoms. The van der Waals surface area contributed by atoms with Crippen LogP contribution in [0, 0.1) is 0 Å². The van der Waals surface area contributed by atoms with Crippen LogP contribution in [-0.2, 0) is 20.9 Å². The van der Waals surface area contributed by atoms with Gasteiger partial charge in [0.2, 0.25) is 0 Å². The average Bonchev–Trinajstić information content (AvgIpc) is 2.58. The Morgan fingerprint density at radius 1 is 1.30 bits per heavy atom. The number of nitrogens with one attached hydrogen (secondary N) is 1. The zero-order valence-electron chi connectivity index (χ0n) is 13.2. The van der Waals surface area contributed by atoms with Crippen LogP contribution >= 0.6 is 0 Å². The average molecular weight is 318 g/mol. The third-order valence-corrected chi connectivity index (χ3v) is 4.65. The Kier molecular flexibility index (Phi) is 4.81. The van der Waals surface area contributed by atoms with E-state index in [-0.39, 0.29) is 36.8 Å². The van der Waals surface area contributed by atoms with Crippen LogP contribution < -0.4 is 5.32 Å². The van der Waals surface area contributed by atoms with Gasteiger partial charge in [-0.05, 0) is 18.4 Å². The van der Waals surface area contributed by atoms with E-state index in [0.29, 0.717) is 12.8 Å². The molecule has 1 amide bonds. The normalized spacial score (nSPS) is 25.4. The maximum atomic E-state index is 12.3. The van der Waals surface area contributed by atoms with Gasteiger partial charge >= 0.3 is 12.1 Å². The third kappa shape index (κ3) is 3.47. The number of methoxy groups -OCH3 is 1. The molecule has 3 atom stereocenters. The third-order valence-electron chi connectivity index (χ3n) is 4.65. The highest BCUT2D eigenvalue weighted by Crippen LogP contribution is 2.34. The molecule has 0 aliphatic carbocycles. The molecule has 3 unspecified atom stereocenters. The minimum absolute atomic E-state index is 0.113. The van der Waals surface area contributed by atoms with E-state index in [9.17, 15) is 9.59 Å². The fourth-order valence-electron chi connectivity index (χ4n) is 3.35. The lowest BCUT2D eigenvalue weighted by Crippen LogP contribution is -2.73. The zero-order valence-corrected chi connectivity index (χ0v) is 13.2. The topological polar surface area (TPSA) is 67.9 Å². The summed E-state index contributed by atoms with van der Waals surface area (Å²) in [6, 6.07) is 10.1. The summed E-state index contributed by atoms with van der Waals surface area (Å²) in [5, 5.41) is 3.40. The Bertz CT molecular complexity index is 561. The molecule has 3 heterocycles. The molecule has 1 aromatic carbocycles. The van der Waals surface area contributed by atoms with Crippen molar-refractivity contribution in [3.8, 4) is 0 Å². The molecule has 0 saturated carbocycles. The number of amides is 1. The highest BCUT2D eigenvalue weighted by atomic mass is 16.6. The van der Waals surface area contributed by atoms with E-state index in [2.05, 4.69) is 10.1 Å². The summed E-state index contributed by atoms with van der Waals surface area (Å²) >= 11 is 0. The number of hydrogen-bond acceptors (Lipinski definition) is 5. The van der Waals surface area contributed by atoms with Crippen molar-refractivity contribution in [1.29, 1.82) is 0 Å². The molecule has 0 aromatic heterocycles. The van der Waals surface area contributed by atoms with Crippen molar-refractivity contribution in [3.05, 3.63) is 35.9 Å². The van der Waals surface area contributed by atoms with Gasteiger partial charge in [0, 0.05) is 25.0 Å². The number of ether oxygens (including phenoxy) is 2. The highest BCUT2D eigenvalue weighted by molar-refractivity contribution is 5.71. The summed E-state index contributed by atoms with van der Waals surface area (Å²) in [5.41, 5.74) is 0.979. The number of piperazine rings is 1. The van der Waals surface area contributed by atoms with E-state index in [1.165, 1.54) is 7.11 Å². The summed E-state index contributed by atoms with van der Waals surface area (Å²) in [7, 11) is 1.39. The van der Waals surface area contributed by atoms with Gasteiger partial charge in [0.05, 0.1) is 13.2 Å². The maximum absolute atomic E-state index is 12.3. The first-order valence-electron chi connectivity index (χ1n) is 7.98. The fraction of sp³-hybridized carbons (Fsp3) is 0.529. The quantitative estimate of drug-likeness (QED) is 0.837. The Morgan fingerprint density at radius 2 is 2.09 bits per heavy atom. The Morgan fingerprint density at radius 3 is 2.78 bits per heavy atom. The molecule has 2 bridgehead atoms. The molecule has 1 N–H and O–H groups in total. The van der Waals surface area contributed by atoms with Crippen molar-refractivity contribution < 1.29 is 19.1 Å². The summed E-state index contributed by atoms with van der Waals surface area (Å²) in [6.07, 6.45) is 1.74. The van der Waals surface area contributed by atoms with Gasteiger partial charge in [0.1, 0.15) is 6.61 Å². The van der Waals surface area contributed by atoms with Gasteiger partial charge < -0.3 is 14.8 Å². The number of hydrogen-bond donors (Lipinski definition) is 1. The van der Waals surface area contributed by atoms with Gasteiger partial charge in [0.15, 0.2) is 0 Å². The van der Waals surface area contributed by atoms with E-state index >= 15 is 0 Å². The number of carbonyl (C=O) groups is 2. The SMILES string of the molecule is COC(=O)CCC1NCC2CC1N2C(=O)OCc1ccccc1. The fourth-order valence-corrected chi connectivity index (χ4v) is 3.35. The lowest BCUT2D eigenvalue weighted by atomic mass is 9.81. The van der Waals surface area contributed by atoms with Gasteiger partial charge in [-0.2, -0.15) is 0 Å². The van der Waals surface area contributed by atoms with Crippen molar-refractivity contribution >= 4 is 12.1 Å². The van der Waals surface area contributed by atoms with Gasteiger partial charge in [-0.3, -0.25) is 9.69 Å². The number of carbonyl (C=O) groups excluding carboxylic acids is 2. The number of rotatable bonds is 5. The monoisotopic (exact) mass is 318 g/mol. The van der Waals surface area contributed by atoms with Crippen LogP contribution in [0.2, 0.25) is 0 Å². The molecule has 3 aliphatic rings. The molecular formula is C17H22N2O4. The van der Waals surface area contributed by atoms with Crippen LogP contribution in [0.1, 0.15) is 24.8 Å². The Balaban J connectivity index is 1.51. The van der Waals surface area contributed by atoms with E-state index in [1.54, 1.807) is 0 Å². The molecule has 1 aromatic rings. The molecule has 3 aliphatic heterocycles. The number of piperidine rings is 1.